The van der Waals surface area contributed by atoms with E-state index in [0.29, 0.717) is 11.1 Å². The molecular formula is C24H22N2O6S. The Kier molecular flexibility index (Phi) is 7.24. The fourth-order valence-corrected chi connectivity index (χ4v) is 4.19. The fourth-order valence-electron chi connectivity index (χ4n) is 3.11. The number of rotatable bonds is 6. The molecule has 0 saturated heterocycles. The predicted octanol–water partition coefficient (Wildman–Crippen LogP) is 4.44. The lowest BCUT2D eigenvalue weighted by molar-refractivity contribution is 0.0592. The van der Waals surface area contributed by atoms with Gasteiger partial charge in [0.2, 0.25) is 0 Å². The number of aryl methyl sites for hydroxylation is 1. The van der Waals surface area contributed by atoms with E-state index in [2.05, 4.69) is 10.6 Å². The third kappa shape index (κ3) is 5.09. The molecule has 0 saturated carbocycles. The Hall–Kier alpha value is -3.98. The van der Waals surface area contributed by atoms with Crippen molar-refractivity contribution in [3.05, 3.63) is 81.2 Å². The SMILES string of the molecule is COC(=O)c1ccccc1NC(=O)c1sc(NC(=O)c2ccc(C)cc2)c(C(=O)OC)c1C. The third-order valence-electron chi connectivity index (χ3n) is 4.86. The van der Waals surface area contributed by atoms with Crippen molar-refractivity contribution in [2.45, 2.75) is 13.8 Å². The van der Waals surface area contributed by atoms with Crippen molar-refractivity contribution in [1.29, 1.82) is 0 Å². The van der Waals surface area contributed by atoms with Crippen molar-refractivity contribution in [1.82, 2.24) is 0 Å². The minimum Gasteiger partial charge on any atom is -0.465 e. The molecule has 8 nitrogen and oxygen atoms in total. The number of ether oxygens (including phenoxy) is 2. The lowest BCUT2D eigenvalue weighted by atomic mass is 10.1. The van der Waals surface area contributed by atoms with Crippen LogP contribution in [0.2, 0.25) is 0 Å². The van der Waals surface area contributed by atoms with Crippen LogP contribution in [0, 0.1) is 13.8 Å². The number of amides is 2. The van der Waals surface area contributed by atoms with Crippen LogP contribution in [0.5, 0.6) is 0 Å². The summed E-state index contributed by atoms with van der Waals surface area (Å²) in [5.41, 5.74) is 2.28. The second-order valence-electron chi connectivity index (χ2n) is 7.06. The van der Waals surface area contributed by atoms with Crippen LogP contribution in [0.15, 0.2) is 48.5 Å². The number of carbonyl (C=O) groups is 4. The topological polar surface area (TPSA) is 111 Å². The molecule has 0 spiro atoms. The van der Waals surface area contributed by atoms with Crippen LogP contribution in [0.25, 0.3) is 0 Å². The van der Waals surface area contributed by atoms with Gasteiger partial charge in [-0.15, -0.1) is 11.3 Å². The molecule has 0 atom stereocenters. The minimum atomic E-state index is -0.683. The summed E-state index contributed by atoms with van der Waals surface area (Å²) in [7, 11) is 2.47. The van der Waals surface area contributed by atoms with E-state index in [1.165, 1.54) is 20.3 Å². The molecule has 170 valence electrons. The van der Waals surface area contributed by atoms with Crippen molar-refractivity contribution >= 4 is 45.8 Å². The molecule has 3 rings (SSSR count). The fraction of sp³-hybridized carbons (Fsp3) is 0.167. The molecule has 1 heterocycles. The monoisotopic (exact) mass is 466 g/mol. The van der Waals surface area contributed by atoms with Crippen LogP contribution in [-0.4, -0.2) is 38.0 Å². The normalized spacial score (nSPS) is 10.3. The summed E-state index contributed by atoms with van der Waals surface area (Å²) in [4.78, 5) is 50.4. The molecule has 9 heteroatoms. The summed E-state index contributed by atoms with van der Waals surface area (Å²) in [6, 6.07) is 13.3. The predicted molar refractivity (Wildman–Crippen MR) is 125 cm³/mol. The Bertz CT molecular complexity index is 1230. The number of anilines is 2. The summed E-state index contributed by atoms with van der Waals surface area (Å²) in [5, 5.41) is 5.57. The van der Waals surface area contributed by atoms with Crippen LogP contribution in [0.4, 0.5) is 10.7 Å². The molecule has 0 radical (unpaired) electrons. The molecule has 3 aromatic rings. The van der Waals surface area contributed by atoms with Gasteiger partial charge in [-0.1, -0.05) is 29.8 Å². The van der Waals surface area contributed by atoms with Gasteiger partial charge in [-0.2, -0.15) is 0 Å². The first kappa shape index (κ1) is 23.7. The highest BCUT2D eigenvalue weighted by Gasteiger charge is 2.27. The number of hydrogen-bond donors (Lipinski definition) is 2. The zero-order valence-electron chi connectivity index (χ0n) is 18.5. The van der Waals surface area contributed by atoms with Gasteiger partial charge in [0, 0.05) is 5.56 Å². The number of benzene rings is 2. The molecule has 0 aliphatic heterocycles. The zero-order valence-corrected chi connectivity index (χ0v) is 19.3. The summed E-state index contributed by atoms with van der Waals surface area (Å²) >= 11 is 0.942. The van der Waals surface area contributed by atoms with Crippen molar-refractivity contribution in [3.8, 4) is 0 Å². The molecule has 2 N–H and O–H groups in total. The van der Waals surface area contributed by atoms with E-state index in [9.17, 15) is 19.2 Å². The van der Waals surface area contributed by atoms with Gasteiger partial charge >= 0.3 is 11.9 Å². The van der Waals surface area contributed by atoms with Gasteiger partial charge in [-0.25, -0.2) is 9.59 Å². The molecule has 1 aromatic heterocycles. The van der Waals surface area contributed by atoms with E-state index >= 15 is 0 Å². The van der Waals surface area contributed by atoms with Gasteiger partial charge in [-0.3, -0.25) is 9.59 Å². The molecule has 2 amide bonds. The second-order valence-corrected chi connectivity index (χ2v) is 8.08. The lowest BCUT2D eigenvalue weighted by Crippen LogP contribution is -2.15. The Balaban J connectivity index is 1.95. The Labute approximate surface area is 194 Å². The quantitative estimate of drug-likeness (QED) is 0.520. The Morgan fingerprint density at radius 1 is 0.788 bits per heavy atom. The van der Waals surface area contributed by atoms with Gasteiger partial charge < -0.3 is 20.1 Å². The van der Waals surface area contributed by atoms with Crippen molar-refractivity contribution in [2.24, 2.45) is 0 Å². The number of para-hydroxylation sites is 1. The van der Waals surface area contributed by atoms with Crippen molar-refractivity contribution in [2.75, 3.05) is 24.9 Å². The van der Waals surface area contributed by atoms with E-state index in [1.54, 1.807) is 49.4 Å². The van der Waals surface area contributed by atoms with Crippen LogP contribution in [0.3, 0.4) is 0 Å². The second kappa shape index (κ2) is 10.1. The van der Waals surface area contributed by atoms with Crippen LogP contribution in [0.1, 0.15) is 51.9 Å². The first-order valence-corrected chi connectivity index (χ1v) is 10.7. The highest BCUT2D eigenvalue weighted by Crippen LogP contribution is 2.35. The Morgan fingerprint density at radius 2 is 1.42 bits per heavy atom. The number of nitrogens with one attached hydrogen (secondary N) is 2. The molecule has 0 bridgehead atoms. The summed E-state index contributed by atoms with van der Waals surface area (Å²) in [6.45, 7) is 3.49. The number of hydrogen-bond acceptors (Lipinski definition) is 7. The average molecular weight is 467 g/mol. The van der Waals surface area contributed by atoms with Gasteiger partial charge in [0.25, 0.3) is 11.8 Å². The maximum Gasteiger partial charge on any atom is 0.341 e. The third-order valence-corrected chi connectivity index (χ3v) is 6.07. The zero-order chi connectivity index (χ0) is 24.1. The van der Waals surface area contributed by atoms with Crippen molar-refractivity contribution in [3.63, 3.8) is 0 Å². The van der Waals surface area contributed by atoms with E-state index in [0.717, 1.165) is 16.9 Å². The average Bonchev–Trinajstić information content (AvgIpc) is 3.14. The molecular weight excluding hydrogens is 444 g/mol. The van der Waals surface area contributed by atoms with E-state index in [4.69, 9.17) is 9.47 Å². The van der Waals surface area contributed by atoms with Gasteiger partial charge in [-0.05, 0) is 43.7 Å². The smallest absolute Gasteiger partial charge is 0.341 e. The minimum absolute atomic E-state index is 0.0920. The summed E-state index contributed by atoms with van der Waals surface area (Å²) in [5.74, 6) is -2.26. The number of esters is 2. The van der Waals surface area contributed by atoms with E-state index in [-0.39, 0.29) is 26.7 Å². The molecule has 0 unspecified atom stereocenters. The highest BCUT2D eigenvalue weighted by atomic mass is 32.1. The van der Waals surface area contributed by atoms with Crippen molar-refractivity contribution < 1.29 is 28.7 Å². The lowest BCUT2D eigenvalue weighted by Gasteiger charge is -2.09. The van der Waals surface area contributed by atoms with Gasteiger partial charge in [0.15, 0.2) is 0 Å². The maximum atomic E-state index is 13.1. The molecule has 0 aliphatic rings. The largest absolute Gasteiger partial charge is 0.465 e. The summed E-state index contributed by atoms with van der Waals surface area (Å²) in [6.07, 6.45) is 0. The first-order chi connectivity index (χ1) is 15.8. The van der Waals surface area contributed by atoms with E-state index in [1.807, 2.05) is 6.92 Å². The maximum absolute atomic E-state index is 13.1. The first-order valence-electron chi connectivity index (χ1n) is 9.85. The highest BCUT2D eigenvalue weighted by molar-refractivity contribution is 7.19. The Morgan fingerprint density at radius 3 is 2.06 bits per heavy atom. The van der Waals surface area contributed by atoms with E-state index < -0.39 is 23.8 Å². The standard InChI is InChI=1S/C24H22N2O6S/c1-13-9-11-15(12-10-13)20(27)26-22-18(24(30)32-4)14(2)19(33-22)21(28)25-17-8-6-5-7-16(17)23(29)31-3/h5-12H,1-4H3,(H,25,28)(H,26,27). The number of carbonyl (C=O) groups excluding carboxylic acids is 4. The van der Waals surface area contributed by atoms with Crippen LogP contribution in [-0.2, 0) is 9.47 Å². The number of thiophene rings is 1. The molecule has 2 aromatic carbocycles. The van der Waals surface area contributed by atoms with Crippen LogP contribution >= 0.6 is 11.3 Å². The van der Waals surface area contributed by atoms with Crippen LogP contribution < -0.4 is 10.6 Å². The number of methoxy groups -OCH3 is 2. The molecule has 0 fully saturated rings. The summed E-state index contributed by atoms with van der Waals surface area (Å²) < 4.78 is 9.61. The van der Waals surface area contributed by atoms with Gasteiger partial charge in [0.05, 0.1) is 35.9 Å². The molecule has 0 aliphatic carbocycles. The molecule has 33 heavy (non-hydrogen) atoms. The van der Waals surface area contributed by atoms with Gasteiger partial charge in [0.1, 0.15) is 5.00 Å².